The van der Waals surface area contributed by atoms with Crippen molar-refractivity contribution in [2.45, 2.75) is 39.0 Å². The molecule has 0 fully saturated rings. The van der Waals surface area contributed by atoms with Gasteiger partial charge in [-0.15, -0.1) is 0 Å². The second-order valence-electron chi connectivity index (χ2n) is 8.92. The van der Waals surface area contributed by atoms with Crippen LogP contribution in [0.4, 0.5) is 4.39 Å². The number of carbonyl (C=O) groups is 1. The zero-order valence-corrected chi connectivity index (χ0v) is 18.7. The van der Waals surface area contributed by atoms with Gasteiger partial charge in [0.25, 0.3) is 11.5 Å². The summed E-state index contributed by atoms with van der Waals surface area (Å²) in [5.41, 5.74) is 1.20. The minimum Gasteiger partial charge on any atom is -0.382 e. The van der Waals surface area contributed by atoms with Crippen LogP contribution in [0.3, 0.4) is 0 Å². The Balaban J connectivity index is 1.42. The average molecular weight is 459 g/mol. The number of nitrogens with zero attached hydrogens (tertiary/aromatic N) is 4. The molecule has 0 spiro atoms. The van der Waals surface area contributed by atoms with Crippen LogP contribution in [0.25, 0.3) is 10.8 Å². The summed E-state index contributed by atoms with van der Waals surface area (Å²) in [4.78, 5) is 35.3. The predicted molar refractivity (Wildman–Crippen MR) is 122 cm³/mol. The van der Waals surface area contributed by atoms with Gasteiger partial charge in [-0.05, 0) is 37.6 Å². The molecule has 3 heterocycles. The van der Waals surface area contributed by atoms with Crippen LogP contribution in [0, 0.1) is 5.82 Å². The Morgan fingerprint density at radius 2 is 1.94 bits per heavy atom. The van der Waals surface area contributed by atoms with Gasteiger partial charge in [0.1, 0.15) is 11.4 Å². The number of halogens is 1. The maximum Gasteiger partial charge on any atom is 0.272 e. The maximum atomic E-state index is 14.7. The van der Waals surface area contributed by atoms with Crippen LogP contribution in [0.1, 0.15) is 52.5 Å². The number of aromatic amines is 1. The molecule has 0 aliphatic carbocycles. The van der Waals surface area contributed by atoms with Crippen molar-refractivity contribution >= 4 is 16.7 Å². The lowest BCUT2D eigenvalue weighted by Crippen LogP contribution is -2.26. The van der Waals surface area contributed by atoms with Gasteiger partial charge in [-0.25, -0.2) is 19.5 Å². The SMILES string of the molecule is CC(C)(O)c1ncc2c(n1)CN(C(=O)c1cc(Cc3n[nH]c(=O)c4ccccc34)ccc1F)C2. The molecule has 5 rings (SSSR count). The summed E-state index contributed by atoms with van der Waals surface area (Å²) < 4.78 is 14.7. The van der Waals surface area contributed by atoms with Crippen LogP contribution < -0.4 is 5.56 Å². The summed E-state index contributed by atoms with van der Waals surface area (Å²) in [6, 6.07) is 11.5. The van der Waals surface area contributed by atoms with E-state index >= 15 is 0 Å². The molecule has 0 unspecified atom stereocenters. The highest BCUT2D eigenvalue weighted by Gasteiger charge is 2.30. The monoisotopic (exact) mass is 459 g/mol. The largest absolute Gasteiger partial charge is 0.382 e. The summed E-state index contributed by atoms with van der Waals surface area (Å²) >= 11 is 0. The summed E-state index contributed by atoms with van der Waals surface area (Å²) in [5.74, 6) is -0.803. The molecular weight excluding hydrogens is 437 g/mol. The van der Waals surface area contributed by atoms with E-state index in [4.69, 9.17) is 0 Å². The van der Waals surface area contributed by atoms with Crippen molar-refractivity contribution in [2.75, 3.05) is 0 Å². The molecule has 4 aromatic rings. The fourth-order valence-corrected chi connectivity index (χ4v) is 4.11. The Kier molecular flexibility index (Phi) is 5.21. The van der Waals surface area contributed by atoms with Crippen LogP contribution >= 0.6 is 0 Å². The quantitative estimate of drug-likeness (QED) is 0.485. The highest BCUT2D eigenvalue weighted by Crippen LogP contribution is 2.26. The number of aliphatic hydroxyl groups is 1. The molecular formula is C25H22FN5O3. The highest BCUT2D eigenvalue weighted by molar-refractivity contribution is 5.95. The standard InChI is InChI=1S/C25H22FN5O3/c1-25(2,34)24-27-11-15-12-31(13-21(15)28-24)23(33)18-9-14(7-8-19(18)26)10-20-16-5-3-4-6-17(16)22(32)30-29-20/h3-9,11,34H,10,12-13H2,1-2H3,(H,30,32). The molecule has 34 heavy (non-hydrogen) atoms. The number of fused-ring (bicyclic) bond motifs is 2. The van der Waals surface area contributed by atoms with Crippen LogP contribution in [-0.4, -0.2) is 36.1 Å². The van der Waals surface area contributed by atoms with Crippen molar-refractivity contribution in [3.63, 3.8) is 0 Å². The lowest BCUT2D eigenvalue weighted by molar-refractivity contribution is 0.0683. The molecule has 1 aliphatic rings. The Bertz CT molecular complexity index is 1490. The van der Waals surface area contributed by atoms with E-state index in [2.05, 4.69) is 20.2 Å². The molecule has 172 valence electrons. The molecule has 0 radical (unpaired) electrons. The first kappa shape index (κ1) is 21.8. The van der Waals surface area contributed by atoms with E-state index < -0.39 is 17.3 Å². The van der Waals surface area contributed by atoms with Crippen molar-refractivity contribution < 1.29 is 14.3 Å². The summed E-state index contributed by atoms with van der Waals surface area (Å²) in [6.07, 6.45) is 1.92. The van der Waals surface area contributed by atoms with Gasteiger partial charge in [-0.3, -0.25) is 9.59 Å². The molecule has 2 N–H and O–H groups in total. The van der Waals surface area contributed by atoms with Gasteiger partial charge in [0.05, 0.1) is 28.9 Å². The number of benzene rings is 2. The van der Waals surface area contributed by atoms with Gasteiger partial charge in [-0.1, -0.05) is 24.3 Å². The lowest BCUT2D eigenvalue weighted by atomic mass is 10.0. The van der Waals surface area contributed by atoms with Crippen molar-refractivity contribution in [3.8, 4) is 0 Å². The molecule has 0 bridgehead atoms. The third-order valence-corrected chi connectivity index (χ3v) is 5.90. The number of hydrogen-bond acceptors (Lipinski definition) is 6. The maximum absolute atomic E-state index is 14.7. The van der Waals surface area contributed by atoms with E-state index in [-0.39, 0.29) is 30.0 Å². The van der Waals surface area contributed by atoms with Gasteiger partial charge in [0, 0.05) is 30.1 Å². The van der Waals surface area contributed by atoms with E-state index in [1.165, 1.54) is 17.0 Å². The number of rotatable bonds is 4. The van der Waals surface area contributed by atoms with Gasteiger partial charge < -0.3 is 10.0 Å². The first-order valence-electron chi connectivity index (χ1n) is 10.8. The van der Waals surface area contributed by atoms with Gasteiger partial charge in [0.15, 0.2) is 5.82 Å². The first-order chi connectivity index (χ1) is 16.2. The molecule has 1 aliphatic heterocycles. The summed E-state index contributed by atoms with van der Waals surface area (Å²) in [5, 5.41) is 18.1. The van der Waals surface area contributed by atoms with Gasteiger partial charge in [0.2, 0.25) is 0 Å². The van der Waals surface area contributed by atoms with Crippen molar-refractivity contribution in [1.82, 2.24) is 25.1 Å². The second kappa shape index (κ2) is 8.11. The first-order valence-corrected chi connectivity index (χ1v) is 10.8. The number of hydrogen-bond donors (Lipinski definition) is 2. The van der Waals surface area contributed by atoms with E-state index in [9.17, 15) is 19.1 Å². The van der Waals surface area contributed by atoms with E-state index in [0.717, 1.165) is 5.56 Å². The average Bonchev–Trinajstić information content (AvgIpc) is 3.25. The predicted octanol–water partition coefficient (Wildman–Crippen LogP) is 2.83. The van der Waals surface area contributed by atoms with E-state index in [1.807, 2.05) is 12.1 Å². The van der Waals surface area contributed by atoms with Crippen LogP contribution in [0.2, 0.25) is 0 Å². The normalized spacial score (nSPS) is 13.4. The fraction of sp³-hybridized carbons (Fsp3) is 0.240. The molecule has 1 amide bonds. The molecule has 2 aromatic carbocycles. The van der Waals surface area contributed by atoms with Crippen molar-refractivity contribution in [1.29, 1.82) is 0 Å². The molecule has 8 nitrogen and oxygen atoms in total. The Morgan fingerprint density at radius 1 is 1.18 bits per heavy atom. The number of aromatic nitrogens is 4. The van der Waals surface area contributed by atoms with Gasteiger partial charge >= 0.3 is 0 Å². The Labute approximate surface area is 194 Å². The topological polar surface area (TPSA) is 112 Å². The Morgan fingerprint density at radius 3 is 2.71 bits per heavy atom. The van der Waals surface area contributed by atoms with E-state index in [0.29, 0.717) is 34.1 Å². The number of carbonyl (C=O) groups excluding carboxylic acids is 1. The lowest BCUT2D eigenvalue weighted by Gasteiger charge is -2.16. The zero-order valence-electron chi connectivity index (χ0n) is 18.7. The highest BCUT2D eigenvalue weighted by atomic mass is 19.1. The third kappa shape index (κ3) is 3.94. The third-order valence-electron chi connectivity index (χ3n) is 5.90. The van der Waals surface area contributed by atoms with Gasteiger partial charge in [-0.2, -0.15) is 5.10 Å². The van der Waals surface area contributed by atoms with Crippen molar-refractivity contribution in [2.24, 2.45) is 0 Å². The summed E-state index contributed by atoms with van der Waals surface area (Å²) in [6.45, 7) is 3.65. The van der Waals surface area contributed by atoms with Crippen LogP contribution in [0.5, 0.6) is 0 Å². The summed E-state index contributed by atoms with van der Waals surface area (Å²) in [7, 11) is 0. The Hall–Kier alpha value is -3.98. The minimum atomic E-state index is -1.20. The fourth-order valence-electron chi connectivity index (χ4n) is 4.11. The number of nitrogens with one attached hydrogen (secondary N) is 1. The smallest absolute Gasteiger partial charge is 0.272 e. The molecule has 9 heteroatoms. The number of H-pyrrole nitrogens is 1. The van der Waals surface area contributed by atoms with E-state index in [1.54, 1.807) is 38.2 Å². The van der Waals surface area contributed by atoms with Crippen LogP contribution in [-0.2, 0) is 25.1 Å². The molecule has 2 aromatic heterocycles. The number of amides is 1. The molecule has 0 saturated carbocycles. The molecule has 0 atom stereocenters. The molecule has 0 saturated heterocycles. The van der Waals surface area contributed by atoms with Crippen molar-refractivity contribution in [3.05, 3.63) is 98.7 Å². The van der Waals surface area contributed by atoms with Crippen LogP contribution in [0.15, 0.2) is 53.5 Å². The second-order valence-corrected chi connectivity index (χ2v) is 8.92. The minimum absolute atomic E-state index is 0.0466. The zero-order chi connectivity index (χ0) is 24.0.